The highest BCUT2D eigenvalue weighted by atomic mass is 79.9. The van der Waals surface area contributed by atoms with Gasteiger partial charge >= 0.3 is 0 Å². The van der Waals surface area contributed by atoms with Gasteiger partial charge in [0.15, 0.2) is 0 Å². The van der Waals surface area contributed by atoms with E-state index in [-0.39, 0.29) is 6.04 Å². The molecule has 0 N–H and O–H groups in total. The van der Waals surface area contributed by atoms with Gasteiger partial charge in [-0.25, -0.2) is 4.68 Å². The van der Waals surface area contributed by atoms with Gasteiger partial charge in [0, 0.05) is 28.2 Å². The van der Waals surface area contributed by atoms with Crippen molar-refractivity contribution in [1.82, 2.24) is 9.78 Å². The molecule has 6 aromatic rings. The predicted molar refractivity (Wildman–Crippen MR) is 177 cm³/mol. The fourth-order valence-corrected chi connectivity index (χ4v) is 5.67. The molecule has 0 radical (unpaired) electrons. The lowest BCUT2D eigenvalue weighted by Gasteiger charge is -2.23. The van der Waals surface area contributed by atoms with E-state index in [1.54, 1.807) is 0 Å². The SMILES string of the molecule is Brc1ccc(C2=NN(c3ccccc3)C(c3cn(-c4ccccc4)nc3-c3ccc(OCc4ccccc4)cc3)C2)cc1. The van der Waals surface area contributed by atoms with Gasteiger partial charge in [-0.05, 0) is 71.8 Å². The van der Waals surface area contributed by atoms with Crippen LogP contribution in [0.2, 0.25) is 0 Å². The number of hydrazone groups is 1. The second-order valence-corrected chi connectivity index (χ2v) is 11.4. The van der Waals surface area contributed by atoms with Gasteiger partial charge in [-0.15, -0.1) is 0 Å². The highest BCUT2D eigenvalue weighted by Gasteiger charge is 2.33. The van der Waals surface area contributed by atoms with Crippen LogP contribution >= 0.6 is 15.9 Å². The average Bonchev–Trinajstić information content (AvgIpc) is 3.71. The third-order valence-corrected chi connectivity index (χ3v) is 8.14. The van der Waals surface area contributed by atoms with E-state index in [0.717, 1.165) is 61.7 Å². The Morgan fingerprint density at radius 1 is 0.674 bits per heavy atom. The van der Waals surface area contributed by atoms with Crippen LogP contribution in [-0.4, -0.2) is 15.5 Å². The number of aromatic nitrogens is 2. The van der Waals surface area contributed by atoms with Crippen LogP contribution in [0, 0.1) is 0 Å². The minimum absolute atomic E-state index is 0.0393. The van der Waals surface area contributed by atoms with Crippen molar-refractivity contribution in [2.75, 3.05) is 5.01 Å². The first-order valence-electron chi connectivity index (χ1n) is 14.3. The number of nitrogens with zero attached hydrogens (tertiary/aromatic N) is 4. The van der Waals surface area contributed by atoms with E-state index in [0.29, 0.717) is 6.61 Å². The van der Waals surface area contributed by atoms with Crippen LogP contribution in [0.3, 0.4) is 0 Å². The molecule has 0 bridgehead atoms. The molecule has 0 fully saturated rings. The van der Waals surface area contributed by atoms with Crippen molar-refractivity contribution in [2.24, 2.45) is 5.10 Å². The Morgan fingerprint density at radius 3 is 1.95 bits per heavy atom. The first kappa shape index (κ1) is 26.9. The summed E-state index contributed by atoms with van der Waals surface area (Å²) in [6, 6.07) is 47.4. The minimum atomic E-state index is -0.0393. The van der Waals surface area contributed by atoms with Crippen molar-refractivity contribution in [2.45, 2.75) is 19.1 Å². The van der Waals surface area contributed by atoms with Crippen LogP contribution in [0.15, 0.2) is 155 Å². The van der Waals surface area contributed by atoms with Crippen LogP contribution in [0.1, 0.15) is 29.2 Å². The van der Waals surface area contributed by atoms with Gasteiger partial charge in [-0.3, -0.25) is 5.01 Å². The minimum Gasteiger partial charge on any atom is -0.489 e. The number of hydrogen-bond donors (Lipinski definition) is 0. The third-order valence-electron chi connectivity index (χ3n) is 7.61. The Kier molecular flexibility index (Phi) is 7.59. The quantitative estimate of drug-likeness (QED) is 0.169. The van der Waals surface area contributed by atoms with Crippen molar-refractivity contribution in [3.05, 3.63) is 167 Å². The van der Waals surface area contributed by atoms with E-state index in [1.807, 2.05) is 59.3 Å². The van der Waals surface area contributed by atoms with E-state index in [4.69, 9.17) is 14.9 Å². The zero-order valence-corrected chi connectivity index (χ0v) is 25.0. The molecule has 0 amide bonds. The summed E-state index contributed by atoms with van der Waals surface area (Å²) in [5, 5.41) is 12.5. The van der Waals surface area contributed by atoms with Crippen molar-refractivity contribution in [3.8, 4) is 22.7 Å². The molecule has 1 atom stereocenters. The summed E-state index contributed by atoms with van der Waals surface area (Å²) in [5.41, 5.74) is 8.42. The molecular weight excluding hydrogens is 596 g/mol. The fraction of sp³-hybridized carbons (Fsp3) is 0.0811. The fourth-order valence-electron chi connectivity index (χ4n) is 5.41. The van der Waals surface area contributed by atoms with Gasteiger partial charge in [0.2, 0.25) is 0 Å². The van der Waals surface area contributed by atoms with Gasteiger partial charge in [0.1, 0.15) is 12.4 Å². The van der Waals surface area contributed by atoms with Gasteiger partial charge < -0.3 is 4.74 Å². The molecule has 1 aromatic heterocycles. The van der Waals surface area contributed by atoms with E-state index in [2.05, 4.69) is 112 Å². The summed E-state index contributed by atoms with van der Waals surface area (Å²) >= 11 is 3.57. The lowest BCUT2D eigenvalue weighted by atomic mass is 9.96. The molecule has 6 heteroatoms. The summed E-state index contributed by atoms with van der Waals surface area (Å²) in [7, 11) is 0. The summed E-state index contributed by atoms with van der Waals surface area (Å²) in [5.74, 6) is 0.823. The van der Waals surface area contributed by atoms with Crippen LogP contribution < -0.4 is 9.75 Å². The molecule has 43 heavy (non-hydrogen) atoms. The predicted octanol–water partition coefficient (Wildman–Crippen LogP) is 9.24. The number of halogens is 1. The number of hydrogen-bond acceptors (Lipinski definition) is 4. The Labute approximate surface area is 259 Å². The van der Waals surface area contributed by atoms with E-state index in [9.17, 15) is 0 Å². The van der Waals surface area contributed by atoms with Gasteiger partial charge in [-0.2, -0.15) is 10.2 Å². The maximum Gasteiger partial charge on any atom is 0.119 e. The second-order valence-electron chi connectivity index (χ2n) is 10.5. The molecule has 0 saturated carbocycles. The molecule has 1 unspecified atom stereocenters. The van der Waals surface area contributed by atoms with Crippen LogP contribution in [-0.2, 0) is 6.61 Å². The number of para-hydroxylation sites is 2. The van der Waals surface area contributed by atoms with E-state index < -0.39 is 0 Å². The summed E-state index contributed by atoms with van der Waals surface area (Å²) in [4.78, 5) is 0. The molecule has 0 saturated heterocycles. The van der Waals surface area contributed by atoms with Gasteiger partial charge in [0.25, 0.3) is 0 Å². The zero-order valence-electron chi connectivity index (χ0n) is 23.4. The van der Waals surface area contributed by atoms with Crippen molar-refractivity contribution in [3.63, 3.8) is 0 Å². The number of benzene rings is 5. The maximum absolute atomic E-state index is 6.08. The Bertz CT molecular complexity index is 1840. The van der Waals surface area contributed by atoms with Crippen LogP contribution in [0.25, 0.3) is 16.9 Å². The first-order valence-corrected chi connectivity index (χ1v) is 15.1. The van der Waals surface area contributed by atoms with Crippen molar-refractivity contribution < 1.29 is 4.74 Å². The monoisotopic (exact) mass is 624 g/mol. The van der Waals surface area contributed by atoms with E-state index in [1.165, 1.54) is 0 Å². The highest BCUT2D eigenvalue weighted by Crippen LogP contribution is 2.41. The smallest absolute Gasteiger partial charge is 0.119 e. The molecule has 7 rings (SSSR count). The number of rotatable bonds is 8. The molecular formula is C37H29BrN4O. The summed E-state index contributed by atoms with van der Waals surface area (Å²) in [6.45, 7) is 0.526. The first-order chi connectivity index (χ1) is 21.2. The van der Waals surface area contributed by atoms with Crippen molar-refractivity contribution in [1.29, 1.82) is 0 Å². The van der Waals surface area contributed by atoms with Gasteiger partial charge in [0.05, 0.1) is 28.8 Å². The Balaban J connectivity index is 1.27. The Hall–Kier alpha value is -4.94. The lowest BCUT2D eigenvalue weighted by Crippen LogP contribution is -2.18. The molecule has 1 aliphatic heterocycles. The molecule has 5 nitrogen and oxygen atoms in total. The largest absolute Gasteiger partial charge is 0.489 e. The maximum atomic E-state index is 6.08. The molecule has 0 aliphatic carbocycles. The molecule has 1 aliphatic rings. The van der Waals surface area contributed by atoms with Crippen LogP contribution in [0.4, 0.5) is 5.69 Å². The Morgan fingerprint density at radius 2 is 1.28 bits per heavy atom. The van der Waals surface area contributed by atoms with E-state index >= 15 is 0 Å². The standard InChI is InChI=1S/C37H29BrN4O/c38-30-20-16-28(17-21-30)35-24-36(42(39-35)32-14-8-3-9-15-32)34-25-41(31-12-6-2-7-13-31)40-37(34)29-18-22-33(23-19-29)43-26-27-10-4-1-5-11-27/h1-23,25,36H,24,26H2. The summed E-state index contributed by atoms with van der Waals surface area (Å²) in [6.07, 6.45) is 2.91. The van der Waals surface area contributed by atoms with Gasteiger partial charge in [-0.1, -0.05) is 94.8 Å². The number of anilines is 1. The lowest BCUT2D eigenvalue weighted by molar-refractivity contribution is 0.306. The van der Waals surface area contributed by atoms with Crippen LogP contribution in [0.5, 0.6) is 5.75 Å². The normalized spacial score (nSPS) is 14.5. The topological polar surface area (TPSA) is 42.7 Å². The average molecular weight is 626 g/mol. The van der Waals surface area contributed by atoms with Crippen molar-refractivity contribution >= 4 is 27.3 Å². The zero-order chi connectivity index (χ0) is 29.0. The molecule has 210 valence electrons. The third kappa shape index (κ3) is 5.87. The number of ether oxygens (including phenoxy) is 1. The summed E-state index contributed by atoms with van der Waals surface area (Å²) < 4.78 is 9.11. The molecule has 0 spiro atoms. The second kappa shape index (κ2) is 12.1. The highest BCUT2D eigenvalue weighted by molar-refractivity contribution is 9.10. The molecule has 2 heterocycles. The molecule has 5 aromatic carbocycles.